The Labute approximate surface area is 124 Å². The standard InChI is InChI=1S/C15H20ClNO3/c1-15(2,3)20-14(19)17(4)13(9-10-18)11-5-7-12(16)8-6-11/h5-8,10,13H,9H2,1-4H3. The molecule has 1 unspecified atom stereocenters. The molecule has 1 aromatic rings. The average Bonchev–Trinajstić information content (AvgIpc) is 2.34. The van der Waals surface area contributed by atoms with Crippen LogP contribution in [0.1, 0.15) is 38.8 Å². The summed E-state index contributed by atoms with van der Waals surface area (Å²) in [5, 5.41) is 0.610. The van der Waals surface area contributed by atoms with Crippen molar-refractivity contribution in [2.75, 3.05) is 7.05 Å². The van der Waals surface area contributed by atoms with Crippen molar-refractivity contribution >= 4 is 24.0 Å². The molecule has 0 aliphatic rings. The Morgan fingerprint density at radius 3 is 2.35 bits per heavy atom. The van der Waals surface area contributed by atoms with Crippen molar-refractivity contribution in [1.82, 2.24) is 4.90 Å². The quantitative estimate of drug-likeness (QED) is 0.793. The van der Waals surface area contributed by atoms with Gasteiger partial charge in [-0.05, 0) is 38.5 Å². The molecule has 0 aromatic heterocycles. The molecule has 0 aliphatic heterocycles. The number of rotatable bonds is 4. The first-order chi connectivity index (χ1) is 9.24. The molecular formula is C15H20ClNO3. The summed E-state index contributed by atoms with van der Waals surface area (Å²) >= 11 is 5.85. The molecule has 4 nitrogen and oxygen atoms in total. The van der Waals surface area contributed by atoms with Gasteiger partial charge in [0.1, 0.15) is 11.9 Å². The van der Waals surface area contributed by atoms with Gasteiger partial charge in [0.25, 0.3) is 0 Å². The van der Waals surface area contributed by atoms with Gasteiger partial charge in [-0.3, -0.25) is 0 Å². The third kappa shape index (κ3) is 4.85. The molecule has 1 aromatic carbocycles. The fraction of sp³-hybridized carbons (Fsp3) is 0.467. The van der Waals surface area contributed by atoms with Crippen LogP contribution < -0.4 is 0 Å². The molecule has 1 rings (SSSR count). The molecule has 0 N–H and O–H groups in total. The lowest BCUT2D eigenvalue weighted by Crippen LogP contribution is -2.36. The average molecular weight is 298 g/mol. The highest BCUT2D eigenvalue weighted by atomic mass is 35.5. The third-order valence-corrected chi connectivity index (χ3v) is 2.98. The van der Waals surface area contributed by atoms with Crippen molar-refractivity contribution < 1.29 is 14.3 Å². The van der Waals surface area contributed by atoms with Gasteiger partial charge < -0.3 is 14.4 Å². The molecule has 0 saturated heterocycles. The summed E-state index contributed by atoms with van der Waals surface area (Å²) in [5.41, 5.74) is 0.270. The summed E-state index contributed by atoms with van der Waals surface area (Å²) in [6.45, 7) is 5.40. The number of hydrogen-bond donors (Lipinski definition) is 0. The number of aldehydes is 1. The van der Waals surface area contributed by atoms with Crippen molar-refractivity contribution in [3.8, 4) is 0 Å². The third-order valence-electron chi connectivity index (χ3n) is 2.72. The molecule has 1 atom stereocenters. The van der Waals surface area contributed by atoms with E-state index in [9.17, 15) is 9.59 Å². The Kier molecular flexibility index (Phi) is 5.57. The lowest BCUT2D eigenvalue weighted by molar-refractivity contribution is -0.108. The van der Waals surface area contributed by atoms with E-state index in [0.29, 0.717) is 5.02 Å². The van der Waals surface area contributed by atoms with E-state index < -0.39 is 11.7 Å². The van der Waals surface area contributed by atoms with Crippen molar-refractivity contribution in [3.05, 3.63) is 34.9 Å². The Hall–Kier alpha value is -1.55. The summed E-state index contributed by atoms with van der Waals surface area (Å²) < 4.78 is 5.32. The predicted octanol–water partition coefficient (Wildman–Crippen LogP) is 3.84. The molecule has 0 bridgehead atoms. The van der Waals surface area contributed by atoms with Gasteiger partial charge in [-0.2, -0.15) is 0 Å². The van der Waals surface area contributed by atoms with Crippen molar-refractivity contribution in [2.24, 2.45) is 0 Å². The minimum Gasteiger partial charge on any atom is -0.444 e. The van der Waals surface area contributed by atoms with E-state index in [1.165, 1.54) is 4.90 Å². The second-order valence-corrected chi connectivity index (χ2v) is 6.00. The van der Waals surface area contributed by atoms with E-state index in [1.807, 2.05) is 0 Å². The van der Waals surface area contributed by atoms with Crippen molar-refractivity contribution in [1.29, 1.82) is 0 Å². The van der Waals surface area contributed by atoms with Gasteiger partial charge >= 0.3 is 6.09 Å². The number of halogens is 1. The van der Waals surface area contributed by atoms with Crippen LogP contribution >= 0.6 is 11.6 Å². The van der Waals surface area contributed by atoms with Crippen LogP contribution in [-0.2, 0) is 9.53 Å². The Balaban J connectivity index is 2.92. The molecule has 1 amide bonds. The molecule has 0 spiro atoms. The molecule has 0 radical (unpaired) electrons. The SMILES string of the molecule is CN(C(=O)OC(C)(C)C)C(CC=O)c1ccc(Cl)cc1. The molecule has 0 saturated carbocycles. The number of ether oxygens (including phenoxy) is 1. The van der Waals surface area contributed by atoms with Gasteiger partial charge in [0.2, 0.25) is 0 Å². The lowest BCUT2D eigenvalue weighted by atomic mass is 10.0. The van der Waals surface area contributed by atoms with Crippen LogP contribution in [-0.4, -0.2) is 29.9 Å². The van der Waals surface area contributed by atoms with Crippen LogP contribution in [0.5, 0.6) is 0 Å². The van der Waals surface area contributed by atoms with E-state index in [2.05, 4.69) is 0 Å². The number of nitrogens with zero attached hydrogens (tertiary/aromatic N) is 1. The van der Waals surface area contributed by atoms with Crippen LogP contribution in [0, 0.1) is 0 Å². The molecule has 20 heavy (non-hydrogen) atoms. The summed E-state index contributed by atoms with van der Waals surface area (Å²) in [4.78, 5) is 24.4. The fourth-order valence-corrected chi connectivity index (χ4v) is 1.88. The predicted molar refractivity (Wildman–Crippen MR) is 78.9 cm³/mol. The maximum atomic E-state index is 12.1. The Bertz CT molecular complexity index is 465. The van der Waals surface area contributed by atoms with Gasteiger partial charge in [-0.1, -0.05) is 23.7 Å². The highest BCUT2D eigenvalue weighted by Crippen LogP contribution is 2.25. The van der Waals surface area contributed by atoms with Gasteiger partial charge in [-0.15, -0.1) is 0 Å². The number of carbonyl (C=O) groups excluding carboxylic acids is 2. The van der Waals surface area contributed by atoms with Gasteiger partial charge in [0.15, 0.2) is 0 Å². The minimum absolute atomic E-state index is 0.206. The summed E-state index contributed by atoms with van der Waals surface area (Å²) in [5.74, 6) is 0. The lowest BCUT2D eigenvalue weighted by Gasteiger charge is -2.30. The van der Waals surface area contributed by atoms with Crippen molar-refractivity contribution in [3.63, 3.8) is 0 Å². The van der Waals surface area contributed by atoms with Crippen LogP contribution in [0.4, 0.5) is 4.79 Å². The second kappa shape index (κ2) is 6.75. The smallest absolute Gasteiger partial charge is 0.410 e. The summed E-state index contributed by atoms with van der Waals surface area (Å²) in [6.07, 6.45) is 0.539. The first kappa shape index (κ1) is 16.5. The zero-order chi connectivity index (χ0) is 15.3. The Morgan fingerprint density at radius 1 is 1.35 bits per heavy atom. The summed E-state index contributed by atoms with van der Waals surface area (Å²) in [7, 11) is 1.62. The second-order valence-electron chi connectivity index (χ2n) is 5.56. The molecule has 0 heterocycles. The van der Waals surface area contributed by atoms with Gasteiger partial charge in [0, 0.05) is 18.5 Å². The number of carbonyl (C=O) groups is 2. The monoisotopic (exact) mass is 297 g/mol. The number of benzene rings is 1. The van der Waals surface area contributed by atoms with E-state index in [0.717, 1.165) is 11.8 Å². The first-order valence-corrected chi connectivity index (χ1v) is 6.77. The van der Waals surface area contributed by atoms with E-state index in [1.54, 1.807) is 52.1 Å². The summed E-state index contributed by atoms with van der Waals surface area (Å²) in [6, 6.07) is 6.71. The molecule has 5 heteroatoms. The van der Waals surface area contributed by atoms with Crippen molar-refractivity contribution in [2.45, 2.75) is 38.8 Å². The fourth-order valence-electron chi connectivity index (χ4n) is 1.76. The van der Waals surface area contributed by atoms with E-state index in [4.69, 9.17) is 16.3 Å². The highest BCUT2D eigenvalue weighted by Gasteiger charge is 2.26. The molecule has 110 valence electrons. The highest BCUT2D eigenvalue weighted by molar-refractivity contribution is 6.30. The molecule has 0 aliphatic carbocycles. The minimum atomic E-state index is -0.572. The topological polar surface area (TPSA) is 46.6 Å². The normalized spacial score (nSPS) is 12.7. The Morgan fingerprint density at radius 2 is 1.90 bits per heavy atom. The largest absolute Gasteiger partial charge is 0.444 e. The van der Waals surface area contributed by atoms with E-state index in [-0.39, 0.29) is 12.5 Å². The van der Waals surface area contributed by atoms with Crippen LogP contribution in [0.15, 0.2) is 24.3 Å². The van der Waals surface area contributed by atoms with Crippen LogP contribution in [0.2, 0.25) is 5.02 Å². The zero-order valence-corrected chi connectivity index (χ0v) is 13.0. The van der Waals surface area contributed by atoms with Gasteiger partial charge in [-0.25, -0.2) is 4.79 Å². The zero-order valence-electron chi connectivity index (χ0n) is 12.2. The van der Waals surface area contributed by atoms with E-state index >= 15 is 0 Å². The first-order valence-electron chi connectivity index (χ1n) is 6.39. The number of amides is 1. The number of hydrogen-bond acceptors (Lipinski definition) is 3. The molecular weight excluding hydrogens is 278 g/mol. The maximum Gasteiger partial charge on any atom is 0.410 e. The van der Waals surface area contributed by atoms with Gasteiger partial charge in [0.05, 0.1) is 6.04 Å². The van der Waals surface area contributed by atoms with Crippen LogP contribution in [0.3, 0.4) is 0 Å². The molecule has 0 fully saturated rings. The van der Waals surface area contributed by atoms with Crippen LogP contribution in [0.25, 0.3) is 0 Å². The maximum absolute atomic E-state index is 12.1.